The van der Waals surface area contributed by atoms with Gasteiger partial charge in [0, 0.05) is 34.8 Å². The van der Waals surface area contributed by atoms with Crippen LogP contribution in [0, 0.1) is 13.8 Å². The number of hydrogen-bond donors (Lipinski definition) is 1. The zero-order chi connectivity index (χ0) is 22.8. The van der Waals surface area contributed by atoms with Crippen LogP contribution in [0.2, 0.25) is 5.02 Å². The Bertz CT molecular complexity index is 1130. The van der Waals surface area contributed by atoms with Crippen molar-refractivity contribution in [3.63, 3.8) is 0 Å². The molecule has 0 bridgehead atoms. The molecule has 2 aromatic heterocycles. The third kappa shape index (κ3) is 4.23. The van der Waals surface area contributed by atoms with Gasteiger partial charge in [-0.3, -0.25) is 9.78 Å². The Morgan fingerprint density at radius 1 is 1.22 bits per heavy atom. The van der Waals surface area contributed by atoms with Crippen molar-refractivity contribution in [3.05, 3.63) is 82.4 Å². The average molecular weight is 469 g/mol. The van der Waals surface area contributed by atoms with Crippen LogP contribution in [0.1, 0.15) is 41.1 Å². The van der Waals surface area contributed by atoms with E-state index in [1.54, 1.807) is 6.20 Å². The fraction of sp³-hybridized carbons (Fsp3) is 0.292. The van der Waals surface area contributed by atoms with Crippen molar-refractivity contribution in [2.75, 3.05) is 13.7 Å². The standard InChI is InChI=1S/C24H25ClN4O2S/c1-15-14-19(16(2)29(15)18-9-7-17(25)8-10-18)23-22(20-6-4-5-12-26-20)27-24(32)28(23)13-11-21(30)31-3/h4-10,12,14,22-23H,11,13H2,1-3H3,(H,27,32)/t22-,23+/m0/s1. The summed E-state index contributed by atoms with van der Waals surface area (Å²) in [5.74, 6) is -0.264. The fourth-order valence-electron chi connectivity index (χ4n) is 4.37. The maximum absolute atomic E-state index is 11.9. The van der Waals surface area contributed by atoms with Crippen LogP contribution in [-0.2, 0) is 9.53 Å². The summed E-state index contributed by atoms with van der Waals surface area (Å²) in [6.07, 6.45) is 2.03. The SMILES string of the molecule is COC(=O)CCN1C(=S)N[C@@H](c2ccccn2)[C@H]1c1cc(C)n(-c2ccc(Cl)cc2)c1C. The molecule has 0 unspecified atom stereocenters. The summed E-state index contributed by atoms with van der Waals surface area (Å²) in [6.45, 7) is 4.64. The van der Waals surface area contributed by atoms with E-state index in [4.69, 9.17) is 28.6 Å². The number of rotatable bonds is 6. The van der Waals surface area contributed by atoms with E-state index in [0.29, 0.717) is 16.7 Å². The summed E-state index contributed by atoms with van der Waals surface area (Å²) >= 11 is 11.8. The Morgan fingerprint density at radius 3 is 2.62 bits per heavy atom. The van der Waals surface area contributed by atoms with Gasteiger partial charge in [-0.1, -0.05) is 17.7 Å². The second-order valence-electron chi connectivity index (χ2n) is 7.78. The molecular weight excluding hydrogens is 444 g/mol. The molecule has 8 heteroatoms. The van der Waals surface area contributed by atoms with Crippen molar-refractivity contribution in [1.29, 1.82) is 0 Å². The number of methoxy groups -OCH3 is 1. The number of ether oxygens (including phenoxy) is 1. The molecule has 166 valence electrons. The first-order valence-electron chi connectivity index (χ1n) is 10.4. The van der Waals surface area contributed by atoms with Gasteiger partial charge in [-0.25, -0.2) is 0 Å². The molecule has 1 N–H and O–H groups in total. The van der Waals surface area contributed by atoms with Gasteiger partial charge < -0.3 is 19.5 Å². The molecule has 1 saturated heterocycles. The van der Waals surface area contributed by atoms with Gasteiger partial charge in [0.25, 0.3) is 0 Å². The molecule has 1 aromatic carbocycles. The number of aromatic nitrogens is 2. The van der Waals surface area contributed by atoms with Crippen LogP contribution in [0.3, 0.4) is 0 Å². The minimum absolute atomic E-state index is 0.116. The molecule has 2 atom stereocenters. The Hall–Kier alpha value is -2.90. The molecule has 6 nitrogen and oxygen atoms in total. The first kappa shape index (κ1) is 22.3. The number of pyridine rings is 1. The van der Waals surface area contributed by atoms with E-state index in [-0.39, 0.29) is 24.5 Å². The number of carbonyl (C=O) groups is 1. The molecule has 3 heterocycles. The van der Waals surface area contributed by atoms with Crippen LogP contribution in [-0.4, -0.2) is 39.2 Å². The normalized spacial score (nSPS) is 18.0. The topological polar surface area (TPSA) is 59.4 Å². The molecule has 3 aromatic rings. The Morgan fingerprint density at radius 2 is 1.97 bits per heavy atom. The van der Waals surface area contributed by atoms with E-state index in [1.165, 1.54) is 7.11 Å². The quantitative estimate of drug-likeness (QED) is 0.418. The minimum Gasteiger partial charge on any atom is -0.469 e. The number of hydrogen-bond acceptors (Lipinski definition) is 4. The number of thiocarbonyl (C=S) groups is 1. The maximum atomic E-state index is 11.9. The summed E-state index contributed by atoms with van der Waals surface area (Å²) in [7, 11) is 1.40. The van der Waals surface area contributed by atoms with Gasteiger partial charge in [-0.15, -0.1) is 0 Å². The second kappa shape index (κ2) is 9.30. The van der Waals surface area contributed by atoms with Crippen LogP contribution in [0.25, 0.3) is 5.69 Å². The van der Waals surface area contributed by atoms with Gasteiger partial charge in [0.2, 0.25) is 0 Å². The van der Waals surface area contributed by atoms with Gasteiger partial charge >= 0.3 is 5.97 Å². The fourth-order valence-corrected chi connectivity index (χ4v) is 4.83. The van der Waals surface area contributed by atoms with Crippen LogP contribution in [0.4, 0.5) is 0 Å². The number of halogens is 1. The van der Waals surface area contributed by atoms with Crippen LogP contribution in [0.15, 0.2) is 54.7 Å². The minimum atomic E-state index is -0.264. The zero-order valence-corrected chi connectivity index (χ0v) is 19.8. The maximum Gasteiger partial charge on any atom is 0.307 e. The smallest absolute Gasteiger partial charge is 0.307 e. The number of carbonyl (C=O) groups excluding carboxylic acids is 1. The lowest BCUT2D eigenvalue weighted by Gasteiger charge is -2.28. The number of nitrogens with one attached hydrogen (secondary N) is 1. The van der Waals surface area contributed by atoms with E-state index in [2.05, 4.69) is 39.7 Å². The molecular formula is C24H25ClN4O2S. The van der Waals surface area contributed by atoms with E-state index in [1.807, 2.05) is 42.5 Å². The highest BCUT2D eigenvalue weighted by Gasteiger charge is 2.41. The summed E-state index contributed by atoms with van der Waals surface area (Å²) in [5.41, 5.74) is 5.28. The van der Waals surface area contributed by atoms with Crippen molar-refractivity contribution in [2.24, 2.45) is 0 Å². The van der Waals surface area contributed by atoms with Crippen molar-refractivity contribution >= 4 is 34.9 Å². The lowest BCUT2D eigenvalue weighted by molar-refractivity contribution is -0.140. The highest BCUT2D eigenvalue weighted by Crippen LogP contribution is 2.41. The summed E-state index contributed by atoms with van der Waals surface area (Å²) < 4.78 is 7.06. The molecule has 0 aliphatic carbocycles. The van der Waals surface area contributed by atoms with E-state index >= 15 is 0 Å². The van der Waals surface area contributed by atoms with E-state index < -0.39 is 0 Å². The third-order valence-corrected chi connectivity index (χ3v) is 6.46. The van der Waals surface area contributed by atoms with Gasteiger partial charge in [-0.2, -0.15) is 0 Å². The Kier molecular flexibility index (Phi) is 6.48. The molecule has 32 heavy (non-hydrogen) atoms. The van der Waals surface area contributed by atoms with Crippen LogP contribution >= 0.6 is 23.8 Å². The molecule has 0 amide bonds. The highest BCUT2D eigenvalue weighted by atomic mass is 35.5. The van der Waals surface area contributed by atoms with Gasteiger partial charge in [0.05, 0.1) is 31.3 Å². The van der Waals surface area contributed by atoms with Crippen molar-refractivity contribution in [1.82, 2.24) is 19.8 Å². The Labute approximate surface area is 198 Å². The average Bonchev–Trinajstić information content (AvgIpc) is 3.28. The number of esters is 1. The lowest BCUT2D eigenvalue weighted by Crippen LogP contribution is -2.32. The van der Waals surface area contributed by atoms with Gasteiger partial charge in [0.15, 0.2) is 5.11 Å². The molecule has 1 aliphatic rings. The molecule has 4 rings (SSSR count). The monoisotopic (exact) mass is 468 g/mol. The summed E-state index contributed by atoms with van der Waals surface area (Å²) in [6, 6.07) is 15.6. The molecule has 0 spiro atoms. The number of benzene rings is 1. The van der Waals surface area contributed by atoms with Gasteiger partial charge in [-0.05, 0) is 74.1 Å². The third-order valence-electron chi connectivity index (χ3n) is 5.86. The zero-order valence-electron chi connectivity index (χ0n) is 18.2. The van der Waals surface area contributed by atoms with Crippen molar-refractivity contribution < 1.29 is 9.53 Å². The largest absolute Gasteiger partial charge is 0.469 e. The second-order valence-corrected chi connectivity index (χ2v) is 8.61. The number of aryl methyl sites for hydroxylation is 1. The van der Waals surface area contributed by atoms with E-state index in [0.717, 1.165) is 28.3 Å². The van der Waals surface area contributed by atoms with Crippen LogP contribution < -0.4 is 5.32 Å². The lowest BCUT2D eigenvalue weighted by atomic mass is 9.96. The first-order valence-corrected chi connectivity index (χ1v) is 11.2. The Balaban J connectivity index is 1.78. The van der Waals surface area contributed by atoms with Gasteiger partial charge in [0.1, 0.15) is 0 Å². The predicted octanol–water partition coefficient (Wildman–Crippen LogP) is 4.68. The van der Waals surface area contributed by atoms with E-state index in [9.17, 15) is 4.79 Å². The number of nitrogens with zero attached hydrogens (tertiary/aromatic N) is 3. The molecule has 1 fully saturated rings. The summed E-state index contributed by atoms with van der Waals surface area (Å²) in [5, 5.41) is 4.73. The van der Waals surface area contributed by atoms with Crippen LogP contribution in [0.5, 0.6) is 0 Å². The molecule has 0 radical (unpaired) electrons. The molecule has 0 saturated carbocycles. The van der Waals surface area contributed by atoms with Crippen molar-refractivity contribution in [2.45, 2.75) is 32.4 Å². The van der Waals surface area contributed by atoms with Crippen molar-refractivity contribution in [3.8, 4) is 5.69 Å². The molecule has 1 aliphatic heterocycles. The summed E-state index contributed by atoms with van der Waals surface area (Å²) in [4.78, 5) is 18.5. The first-order chi connectivity index (χ1) is 15.4. The predicted molar refractivity (Wildman–Crippen MR) is 129 cm³/mol. The highest BCUT2D eigenvalue weighted by molar-refractivity contribution is 7.80.